The average molecular weight is 768 g/mol. The standard InChI is InChI=1S/C58H41NO/c1-57(2)46-24-12-10-21-43(46)54-48(57)31-32-51-55(54)44-22-11-14-26-50(44)59(51)52-27-15-23-42-45-34-36(29-33-53(45)60-56(42)52)37-28-30-41-40-20-9-13-25-47(40)58(49(41)35-37,38-16-5-3-6-17-38)39-18-7-4-8-19-39/h3-29,31-35,41H,30H2,1-2H3. The molecule has 0 aliphatic heterocycles. The van der Waals surface area contributed by atoms with Gasteiger partial charge in [-0.3, -0.25) is 0 Å². The van der Waals surface area contributed by atoms with E-state index in [-0.39, 0.29) is 10.8 Å². The monoisotopic (exact) mass is 767 g/mol. The van der Waals surface area contributed by atoms with Gasteiger partial charge >= 0.3 is 0 Å². The summed E-state index contributed by atoms with van der Waals surface area (Å²) in [6.45, 7) is 4.72. The van der Waals surface area contributed by atoms with E-state index in [1.807, 2.05) is 0 Å². The van der Waals surface area contributed by atoms with Gasteiger partial charge in [0, 0.05) is 32.9 Å². The van der Waals surface area contributed by atoms with E-state index in [2.05, 4.69) is 213 Å². The summed E-state index contributed by atoms with van der Waals surface area (Å²) in [7, 11) is 0. The molecular formula is C58H41NO. The Morgan fingerprint density at radius 2 is 1.27 bits per heavy atom. The highest BCUT2D eigenvalue weighted by Crippen LogP contribution is 2.60. The summed E-state index contributed by atoms with van der Waals surface area (Å²) in [5, 5.41) is 4.83. The molecule has 0 radical (unpaired) electrons. The van der Waals surface area contributed by atoms with Crippen molar-refractivity contribution in [3.05, 3.63) is 239 Å². The fraction of sp³-hybridized carbons (Fsp3) is 0.103. The molecule has 0 bridgehead atoms. The summed E-state index contributed by atoms with van der Waals surface area (Å²) < 4.78 is 9.37. The highest BCUT2D eigenvalue weighted by atomic mass is 16.3. The van der Waals surface area contributed by atoms with Crippen molar-refractivity contribution in [1.82, 2.24) is 4.57 Å². The molecule has 8 aromatic carbocycles. The van der Waals surface area contributed by atoms with Gasteiger partial charge in [0.2, 0.25) is 0 Å². The second-order valence-electron chi connectivity index (χ2n) is 17.5. The fourth-order valence-electron chi connectivity index (χ4n) is 11.7. The summed E-state index contributed by atoms with van der Waals surface area (Å²) in [5.41, 5.74) is 19.6. The number of nitrogens with zero attached hydrogens (tertiary/aromatic N) is 1. The molecule has 1 unspecified atom stereocenters. The molecule has 284 valence electrons. The minimum absolute atomic E-state index is 0.0727. The zero-order chi connectivity index (χ0) is 39.7. The topological polar surface area (TPSA) is 18.1 Å². The zero-order valence-corrected chi connectivity index (χ0v) is 33.6. The number of para-hydroxylation sites is 2. The Morgan fingerprint density at radius 3 is 2.08 bits per heavy atom. The van der Waals surface area contributed by atoms with Gasteiger partial charge in [-0.2, -0.15) is 0 Å². The number of furan rings is 1. The normalized spacial score (nSPS) is 17.1. The molecule has 10 aromatic rings. The van der Waals surface area contributed by atoms with Gasteiger partial charge in [0.05, 0.1) is 22.1 Å². The summed E-state index contributed by atoms with van der Waals surface area (Å²) in [5.74, 6) is 0.304. The number of aromatic nitrogens is 1. The Hall–Kier alpha value is -7.16. The van der Waals surface area contributed by atoms with Crippen molar-refractivity contribution in [2.75, 3.05) is 0 Å². The van der Waals surface area contributed by atoms with Crippen LogP contribution in [-0.2, 0) is 10.8 Å². The molecule has 0 fully saturated rings. The Labute approximate surface area is 349 Å². The first-order valence-electron chi connectivity index (χ1n) is 21.3. The largest absolute Gasteiger partial charge is 0.454 e. The maximum atomic E-state index is 6.93. The maximum absolute atomic E-state index is 6.93. The smallest absolute Gasteiger partial charge is 0.159 e. The van der Waals surface area contributed by atoms with Crippen LogP contribution in [0.5, 0.6) is 0 Å². The van der Waals surface area contributed by atoms with E-state index in [9.17, 15) is 0 Å². The lowest BCUT2D eigenvalue weighted by atomic mass is 9.65. The molecule has 0 amide bonds. The molecule has 1 atom stereocenters. The zero-order valence-electron chi connectivity index (χ0n) is 33.6. The second-order valence-corrected chi connectivity index (χ2v) is 17.5. The molecular weight excluding hydrogens is 727 g/mol. The first-order valence-corrected chi connectivity index (χ1v) is 21.3. The molecule has 3 aliphatic rings. The number of rotatable bonds is 4. The minimum Gasteiger partial charge on any atom is -0.454 e. The van der Waals surface area contributed by atoms with Crippen molar-refractivity contribution >= 4 is 49.3 Å². The van der Waals surface area contributed by atoms with E-state index < -0.39 is 0 Å². The van der Waals surface area contributed by atoms with Crippen LogP contribution in [0.2, 0.25) is 0 Å². The van der Waals surface area contributed by atoms with Crippen LogP contribution < -0.4 is 0 Å². The van der Waals surface area contributed by atoms with E-state index in [4.69, 9.17) is 4.42 Å². The Balaban J connectivity index is 0.994. The van der Waals surface area contributed by atoms with Gasteiger partial charge in [-0.25, -0.2) is 0 Å². The van der Waals surface area contributed by atoms with E-state index in [1.165, 1.54) is 83.0 Å². The summed E-state index contributed by atoms with van der Waals surface area (Å²) >= 11 is 0. The number of allylic oxidation sites excluding steroid dienone is 4. The first-order chi connectivity index (χ1) is 29.5. The van der Waals surface area contributed by atoms with Gasteiger partial charge in [0.25, 0.3) is 0 Å². The molecule has 2 heterocycles. The van der Waals surface area contributed by atoms with Crippen molar-refractivity contribution in [2.24, 2.45) is 0 Å². The lowest BCUT2D eigenvalue weighted by Crippen LogP contribution is -2.29. The molecule has 13 rings (SSSR count). The summed E-state index contributed by atoms with van der Waals surface area (Å²) in [6.07, 6.45) is 5.92. The first kappa shape index (κ1) is 33.8. The molecule has 2 aromatic heterocycles. The lowest BCUT2D eigenvalue weighted by molar-refractivity contribution is 0.660. The highest BCUT2D eigenvalue weighted by Gasteiger charge is 2.50. The van der Waals surface area contributed by atoms with E-state index in [0.29, 0.717) is 5.92 Å². The van der Waals surface area contributed by atoms with Gasteiger partial charge < -0.3 is 8.98 Å². The van der Waals surface area contributed by atoms with Crippen LogP contribution in [0.3, 0.4) is 0 Å². The third-order valence-corrected chi connectivity index (χ3v) is 14.3. The maximum Gasteiger partial charge on any atom is 0.159 e. The van der Waals surface area contributed by atoms with Gasteiger partial charge in [-0.1, -0.05) is 178 Å². The summed E-state index contributed by atoms with van der Waals surface area (Å²) in [4.78, 5) is 0. The van der Waals surface area contributed by atoms with Gasteiger partial charge in [-0.05, 0) is 98.0 Å². The SMILES string of the molecule is CC1(C)c2ccccc2-c2c1ccc1c2c2ccccc2n1-c1cccc2c1oc1ccc(C3=CCC4C(=C3)C(c3ccccc3)(c3ccccc3)c3ccccc34)cc12. The average Bonchev–Trinajstić information content (AvgIpc) is 4.01. The van der Waals surface area contributed by atoms with Crippen molar-refractivity contribution in [1.29, 1.82) is 0 Å². The van der Waals surface area contributed by atoms with Crippen LogP contribution in [0.25, 0.3) is 66.1 Å². The Bertz CT molecular complexity index is 3440. The number of hydrogen-bond acceptors (Lipinski definition) is 1. The molecule has 0 saturated heterocycles. The lowest BCUT2D eigenvalue weighted by Gasteiger charge is -2.36. The van der Waals surface area contributed by atoms with Crippen molar-refractivity contribution < 1.29 is 4.42 Å². The number of hydrogen-bond donors (Lipinski definition) is 0. The fourth-order valence-corrected chi connectivity index (χ4v) is 11.7. The second kappa shape index (κ2) is 12.2. The molecule has 0 N–H and O–H groups in total. The molecule has 0 spiro atoms. The van der Waals surface area contributed by atoms with Crippen molar-refractivity contribution in [3.63, 3.8) is 0 Å². The molecule has 3 aliphatic carbocycles. The van der Waals surface area contributed by atoms with Gasteiger partial charge in [0.1, 0.15) is 5.58 Å². The third-order valence-electron chi connectivity index (χ3n) is 14.3. The van der Waals surface area contributed by atoms with E-state index >= 15 is 0 Å². The number of fused-ring (bicyclic) bond motifs is 13. The third kappa shape index (κ3) is 4.33. The highest BCUT2D eigenvalue weighted by molar-refractivity contribution is 6.19. The van der Waals surface area contributed by atoms with Crippen molar-refractivity contribution in [2.45, 2.75) is 37.0 Å². The van der Waals surface area contributed by atoms with Crippen LogP contribution in [0, 0.1) is 0 Å². The predicted octanol–water partition coefficient (Wildman–Crippen LogP) is 14.8. The van der Waals surface area contributed by atoms with Crippen LogP contribution in [0.15, 0.2) is 204 Å². The van der Waals surface area contributed by atoms with E-state index in [1.54, 1.807) is 0 Å². The van der Waals surface area contributed by atoms with E-state index in [0.717, 1.165) is 34.0 Å². The molecule has 60 heavy (non-hydrogen) atoms. The van der Waals surface area contributed by atoms with Gasteiger partial charge in [0.15, 0.2) is 5.58 Å². The molecule has 2 heteroatoms. The summed E-state index contributed by atoms with van der Waals surface area (Å²) in [6, 6.07) is 67.4. The molecule has 0 saturated carbocycles. The Kier molecular flexibility index (Phi) is 6.86. The van der Waals surface area contributed by atoms with Crippen LogP contribution >= 0.6 is 0 Å². The molecule has 2 nitrogen and oxygen atoms in total. The predicted molar refractivity (Wildman–Crippen MR) is 248 cm³/mol. The van der Waals surface area contributed by atoms with Crippen LogP contribution in [0.4, 0.5) is 0 Å². The minimum atomic E-state index is -0.384. The Morgan fingerprint density at radius 1 is 0.567 bits per heavy atom. The van der Waals surface area contributed by atoms with Crippen LogP contribution in [0.1, 0.15) is 65.1 Å². The van der Waals surface area contributed by atoms with Gasteiger partial charge in [-0.15, -0.1) is 0 Å². The van der Waals surface area contributed by atoms with Crippen molar-refractivity contribution in [3.8, 4) is 16.8 Å². The quantitative estimate of drug-likeness (QED) is 0.174. The number of benzene rings is 8. The van der Waals surface area contributed by atoms with Crippen LogP contribution in [-0.4, -0.2) is 4.57 Å².